The Morgan fingerprint density at radius 1 is 1.16 bits per heavy atom. The molecule has 8 nitrogen and oxygen atoms in total. The van der Waals surface area contributed by atoms with Crippen molar-refractivity contribution in [1.29, 1.82) is 0 Å². The van der Waals surface area contributed by atoms with Crippen LogP contribution in [-0.4, -0.2) is 67.6 Å². The Balaban J connectivity index is 1.95. The van der Waals surface area contributed by atoms with Gasteiger partial charge in [-0.2, -0.15) is 0 Å². The molecule has 0 atom stereocenters. The summed E-state index contributed by atoms with van der Waals surface area (Å²) in [5.74, 6) is -0.112. The highest BCUT2D eigenvalue weighted by molar-refractivity contribution is 7.99. The van der Waals surface area contributed by atoms with Gasteiger partial charge in [-0.15, -0.1) is 0 Å². The number of pyridine rings is 1. The Bertz CT molecular complexity index is 1040. The summed E-state index contributed by atoms with van der Waals surface area (Å²) in [5, 5.41) is 18.9. The molecule has 0 bridgehead atoms. The first kappa shape index (κ1) is 22.7. The van der Waals surface area contributed by atoms with Gasteiger partial charge in [-0.05, 0) is 36.4 Å². The minimum Gasteiger partial charge on any atom is -0.395 e. The van der Waals surface area contributed by atoms with E-state index in [4.69, 9.17) is 20.9 Å². The smallest absolute Gasteiger partial charge is 0.233 e. The number of benzene rings is 1. The standard InChI is InChI=1S/C21H24FN5O3S/c1-26-20(15-6-7-24-17(23)12-15)19(14-2-4-16(22)5-3-14)25-21(26)31-13-18(30)27(8-10-28)9-11-29/h2-7,12,28-29H,8-11,13H2,1H3,(H2,23,24). The molecular weight excluding hydrogens is 421 g/mol. The molecule has 0 fully saturated rings. The molecule has 31 heavy (non-hydrogen) atoms. The van der Waals surface area contributed by atoms with Gasteiger partial charge in [0.25, 0.3) is 0 Å². The van der Waals surface area contributed by atoms with Crippen LogP contribution < -0.4 is 5.73 Å². The average Bonchev–Trinajstić information content (AvgIpc) is 3.08. The number of aliphatic hydroxyl groups is 2. The van der Waals surface area contributed by atoms with E-state index in [0.29, 0.717) is 16.7 Å². The zero-order chi connectivity index (χ0) is 22.4. The number of nitrogens with two attached hydrogens (primary N) is 1. The third-order valence-corrected chi connectivity index (χ3v) is 5.66. The van der Waals surface area contributed by atoms with E-state index in [9.17, 15) is 9.18 Å². The number of anilines is 1. The first-order valence-electron chi connectivity index (χ1n) is 9.61. The Kier molecular flexibility index (Phi) is 7.61. The molecule has 10 heteroatoms. The summed E-state index contributed by atoms with van der Waals surface area (Å²) < 4.78 is 15.3. The number of aromatic nitrogens is 3. The van der Waals surface area contributed by atoms with Gasteiger partial charge in [0.1, 0.15) is 11.6 Å². The number of aliphatic hydroxyl groups excluding tert-OH is 2. The van der Waals surface area contributed by atoms with Gasteiger partial charge in [-0.25, -0.2) is 14.4 Å². The minimum atomic E-state index is -0.345. The highest BCUT2D eigenvalue weighted by Crippen LogP contribution is 2.35. The number of halogens is 1. The quantitative estimate of drug-likeness (QED) is 0.430. The van der Waals surface area contributed by atoms with Crippen LogP contribution in [0.4, 0.5) is 10.2 Å². The number of nitrogen functional groups attached to an aromatic ring is 1. The fourth-order valence-electron chi connectivity index (χ4n) is 3.16. The summed E-state index contributed by atoms with van der Waals surface area (Å²) in [6, 6.07) is 9.57. The van der Waals surface area contributed by atoms with E-state index in [0.717, 1.165) is 16.8 Å². The third-order valence-electron chi connectivity index (χ3n) is 4.64. The van der Waals surface area contributed by atoms with Gasteiger partial charge >= 0.3 is 0 Å². The first-order valence-corrected chi connectivity index (χ1v) is 10.6. The van der Waals surface area contributed by atoms with E-state index >= 15 is 0 Å². The molecule has 0 aliphatic heterocycles. The lowest BCUT2D eigenvalue weighted by molar-refractivity contribution is -0.129. The molecular formula is C21H24FN5O3S. The van der Waals surface area contributed by atoms with E-state index in [1.165, 1.54) is 28.8 Å². The van der Waals surface area contributed by atoms with Crippen molar-refractivity contribution in [1.82, 2.24) is 19.4 Å². The van der Waals surface area contributed by atoms with Crippen molar-refractivity contribution >= 4 is 23.5 Å². The maximum absolute atomic E-state index is 13.4. The van der Waals surface area contributed by atoms with Gasteiger partial charge in [0.15, 0.2) is 5.16 Å². The van der Waals surface area contributed by atoms with E-state index in [-0.39, 0.29) is 43.8 Å². The molecule has 2 aromatic heterocycles. The van der Waals surface area contributed by atoms with Crippen LogP contribution in [-0.2, 0) is 11.8 Å². The number of amides is 1. The molecule has 0 spiro atoms. The molecule has 164 valence electrons. The second kappa shape index (κ2) is 10.4. The average molecular weight is 446 g/mol. The molecule has 0 saturated heterocycles. The second-order valence-electron chi connectivity index (χ2n) is 6.74. The molecule has 3 rings (SSSR count). The van der Waals surface area contributed by atoms with Gasteiger partial charge in [-0.3, -0.25) is 4.79 Å². The Hall–Kier alpha value is -2.95. The van der Waals surface area contributed by atoms with E-state index in [1.807, 2.05) is 17.7 Å². The summed E-state index contributed by atoms with van der Waals surface area (Å²) in [4.78, 5) is 22.6. The zero-order valence-corrected chi connectivity index (χ0v) is 17.8. The third kappa shape index (κ3) is 5.40. The van der Waals surface area contributed by atoms with Crippen LogP contribution in [0, 0.1) is 5.82 Å². The molecule has 4 N–H and O–H groups in total. The van der Waals surface area contributed by atoms with Crippen molar-refractivity contribution < 1.29 is 19.4 Å². The minimum absolute atomic E-state index is 0.0889. The first-order chi connectivity index (χ1) is 14.9. The maximum atomic E-state index is 13.4. The maximum Gasteiger partial charge on any atom is 0.233 e. The zero-order valence-electron chi connectivity index (χ0n) is 17.0. The fourth-order valence-corrected chi connectivity index (χ4v) is 4.04. The van der Waals surface area contributed by atoms with Gasteiger partial charge < -0.3 is 25.4 Å². The van der Waals surface area contributed by atoms with E-state index in [1.54, 1.807) is 24.4 Å². The molecule has 1 amide bonds. The number of imidazole rings is 1. The second-order valence-corrected chi connectivity index (χ2v) is 7.69. The van der Waals surface area contributed by atoms with Crippen molar-refractivity contribution in [3.05, 3.63) is 48.4 Å². The molecule has 0 radical (unpaired) electrons. The SMILES string of the molecule is Cn1c(SCC(=O)N(CCO)CCO)nc(-c2ccc(F)cc2)c1-c1ccnc(N)c1. The Morgan fingerprint density at radius 2 is 1.84 bits per heavy atom. The van der Waals surface area contributed by atoms with E-state index in [2.05, 4.69) is 4.98 Å². The van der Waals surface area contributed by atoms with Crippen molar-refractivity contribution in [3.8, 4) is 22.5 Å². The summed E-state index contributed by atoms with van der Waals surface area (Å²) in [5.41, 5.74) is 8.77. The van der Waals surface area contributed by atoms with E-state index < -0.39 is 0 Å². The number of carbonyl (C=O) groups is 1. The van der Waals surface area contributed by atoms with Gasteiger partial charge in [-0.1, -0.05) is 11.8 Å². The molecule has 0 aliphatic rings. The van der Waals surface area contributed by atoms with Crippen molar-refractivity contribution in [2.45, 2.75) is 5.16 Å². The number of hydrogen-bond acceptors (Lipinski definition) is 7. The van der Waals surface area contributed by atoms with Gasteiger partial charge in [0, 0.05) is 37.5 Å². The predicted molar refractivity (Wildman–Crippen MR) is 118 cm³/mol. The van der Waals surface area contributed by atoms with Crippen molar-refractivity contribution in [3.63, 3.8) is 0 Å². The van der Waals surface area contributed by atoms with Gasteiger partial charge in [0.05, 0.1) is 30.4 Å². The Morgan fingerprint density at radius 3 is 2.45 bits per heavy atom. The van der Waals surface area contributed by atoms with Crippen molar-refractivity contribution in [2.75, 3.05) is 37.8 Å². The normalized spacial score (nSPS) is 11.0. The number of hydrogen-bond donors (Lipinski definition) is 3. The van der Waals surface area contributed by atoms with Crippen LogP contribution in [0.1, 0.15) is 0 Å². The molecule has 2 heterocycles. The molecule has 1 aromatic carbocycles. The lowest BCUT2D eigenvalue weighted by Gasteiger charge is -2.20. The van der Waals surface area contributed by atoms with Crippen LogP contribution in [0.2, 0.25) is 0 Å². The highest BCUT2D eigenvalue weighted by atomic mass is 32.2. The highest BCUT2D eigenvalue weighted by Gasteiger charge is 2.21. The van der Waals surface area contributed by atoms with Crippen LogP contribution in [0.25, 0.3) is 22.5 Å². The van der Waals surface area contributed by atoms with Crippen LogP contribution >= 0.6 is 11.8 Å². The fraction of sp³-hybridized carbons (Fsp3) is 0.286. The largest absolute Gasteiger partial charge is 0.395 e. The number of rotatable bonds is 9. The number of thioether (sulfide) groups is 1. The number of carbonyl (C=O) groups excluding carboxylic acids is 1. The summed E-state index contributed by atoms with van der Waals surface area (Å²) >= 11 is 1.24. The Labute approximate surface area is 183 Å². The molecule has 0 aliphatic carbocycles. The topological polar surface area (TPSA) is 118 Å². The summed E-state index contributed by atoms with van der Waals surface area (Å²) in [6.07, 6.45) is 1.60. The number of nitrogens with zero attached hydrogens (tertiary/aromatic N) is 4. The monoisotopic (exact) mass is 445 g/mol. The predicted octanol–water partition coefficient (Wildman–Crippen LogP) is 1.78. The molecule has 0 saturated carbocycles. The van der Waals surface area contributed by atoms with Crippen LogP contribution in [0.3, 0.4) is 0 Å². The molecule has 0 unspecified atom stereocenters. The van der Waals surface area contributed by atoms with Gasteiger partial charge in [0.2, 0.25) is 5.91 Å². The lowest BCUT2D eigenvalue weighted by atomic mass is 10.1. The van der Waals surface area contributed by atoms with Crippen LogP contribution in [0.15, 0.2) is 47.8 Å². The van der Waals surface area contributed by atoms with Crippen LogP contribution in [0.5, 0.6) is 0 Å². The molecule has 3 aromatic rings. The lowest BCUT2D eigenvalue weighted by Crippen LogP contribution is -2.37. The summed E-state index contributed by atoms with van der Waals surface area (Å²) in [6.45, 7) is -0.0476. The summed E-state index contributed by atoms with van der Waals surface area (Å²) in [7, 11) is 1.83. The van der Waals surface area contributed by atoms with Crippen molar-refractivity contribution in [2.24, 2.45) is 7.05 Å².